The van der Waals surface area contributed by atoms with E-state index in [9.17, 15) is 0 Å². The number of halogens is 1. The third-order valence-corrected chi connectivity index (χ3v) is 3.40. The van der Waals surface area contributed by atoms with Gasteiger partial charge in [0.15, 0.2) is 0 Å². The molecule has 0 amide bonds. The Labute approximate surface area is 109 Å². The van der Waals surface area contributed by atoms with Gasteiger partial charge in [-0.15, -0.1) is 0 Å². The van der Waals surface area contributed by atoms with Gasteiger partial charge in [0.25, 0.3) is 0 Å². The second-order valence-electron chi connectivity index (χ2n) is 3.42. The summed E-state index contributed by atoms with van der Waals surface area (Å²) in [6.45, 7) is 0.618. The van der Waals surface area contributed by atoms with Gasteiger partial charge in [0.2, 0.25) is 0 Å². The Bertz CT molecular complexity index is 487. The van der Waals surface area contributed by atoms with Crippen LogP contribution in [0.5, 0.6) is 0 Å². The molecule has 0 saturated carbocycles. The van der Waals surface area contributed by atoms with Crippen LogP contribution in [-0.4, -0.2) is 16.5 Å². The van der Waals surface area contributed by atoms with Gasteiger partial charge in [-0.05, 0) is 48.5 Å². The quantitative estimate of drug-likeness (QED) is 0.924. The van der Waals surface area contributed by atoms with Gasteiger partial charge in [-0.3, -0.25) is 0 Å². The van der Waals surface area contributed by atoms with Gasteiger partial charge in [0.1, 0.15) is 10.1 Å². The predicted octanol–water partition coefficient (Wildman–Crippen LogP) is 2.78. The van der Waals surface area contributed by atoms with Crippen LogP contribution in [-0.2, 0) is 6.42 Å². The van der Waals surface area contributed by atoms with Crippen LogP contribution in [0.4, 0.5) is 0 Å². The van der Waals surface area contributed by atoms with E-state index in [0.29, 0.717) is 11.6 Å². The maximum atomic E-state index is 5.79. The molecule has 2 heterocycles. The molecule has 0 radical (unpaired) electrons. The summed E-state index contributed by atoms with van der Waals surface area (Å²) in [4.78, 5) is 8.58. The van der Waals surface area contributed by atoms with Gasteiger partial charge in [-0.25, -0.2) is 9.97 Å². The number of aromatic nitrogens is 2. The molecule has 3 nitrogen and oxygen atoms in total. The minimum absolute atomic E-state index is 0.618. The summed E-state index contributed by atoms with van der Waals surface area (Å²) < 4.78 is 0. The average Bonchev–Trinajstić information content (AvgIpc) is 2.35. The van der Waals surface area contributed by atoms with Gasteiger partial charge in [0.05, 0.1) is 5.02 Å². The first-order chi connectivity index (χ1) is 8.29. The van der Waals surface area contributed by atoms with Crippen molar-refractivity contribution in [1.29, 1.82) is 0 Å². The Kier molecular flexibility index (Phi) is 4.36. The Morgan fingerprint density at radius 2 is 2.12 bits per heavy atom. The highest BCUT2D eigenvalue weighted by Gasteiger charge is 2.05. The smallest absolute Gasteiger partial charge is 0.105 e. The fraction of sp³-hybridized carbons (Fsp3) is 0.167. The van der Waals surface area contributed by atoms with Crippen LogP contribution in [0.3, 0.4) is 0 Å². The van der Waals surface area contributed by atoms with Crippen molar-refractivity contribution in [2.45, 2.75) is 16.5 Å². The molecule has 0 unspecified atom stereocenters. The monoisotopic (exact) mass is 265 g/mol. The van der Waals surface area contributed by atoms with Crippen molar-refractivity contribution in [2.75, 3.05) is 6.54 Å². The largest absolute Gasteiger partial charge is 0.330 e. The highest BCUT2D eigenvalue weighted by atomic mass is 35.5. The molecule has 0 atom stereocenters. The zero-order valence-corrected chi connectivity index (χ0v) is 10.7. The Hall–Kier alpha value is -1.10. The molecule has 0 aliphatic heterocycles. The molecule has 0 aromatic carbocycles. The van der Waals surface area contributed by atoms with E-state index in [-0.39, 0.29) is 0 Å². The van der Waals surface area contributed by atoms with Crippen LogP contribution in [0, 0.1) is 0 Å². The number of hydrogen-bond donors (Lipinski definition) is 1. The first-order valence-corrected chi connectivity index (χ1v) is 6.42. The normalized spacial score (nSPS) is 10.5. The summed E-state index contributed by atoms with van der Waals surface area (Å²) in [6.07, 6.45) is 4.23. The molecule has 2 N–H and O–H groups in total. The fourth-order valence-electron chi connectivity index (χ4n) is 1.38. The SMILES string of the molecule is NCCc1cccnc1Sc1ccc(Cl)cn1. The Balaban J connectivity index is 2.20. The summed E-state index contributed by atoms with van der Waals surface area (Å²) in [5.74, 6) is 0. The maximum Gasteiger partial charge on any atom is 0.105 e. The first-order valence-electron chi connectivity index (χ1n) is 5.23. The van der Waals surface area contributed by atoms with Crippen LogP contribution in [0.1, 0.15) is 5.56 Å². The molecule has 17 heavy (non-hydrogen) atoms. The van der Waals surface area contributed by atoms with E-state index in [1.165, 1.54) is 11.8 Å². The lowest BCUT2D eigenvalue weighted by atomic mass is 10.2. The summed E-state index contributed by atoms with van der Waals surface area (Å²) in [5.41, 5.74) is 6.72. The molecule has 2 rings (SSSR count). The molecule has 88 valence electrons. The van der Waals surface area contributed by atoms with Gasteiger partial charge in [-0.1, -0.05) is 17.7 Å². The van der Waals surface area contributed by atoms with Crippen LogP contribution < -0.4 is 5.73 Å². The Morgan fingerprint density at radius 1 is 1.24 bits per heavy atom. The van der Waals surface area contributed by atoms with Gasteiger partial charge < -0.3 is 5.73 Å². The Morgan fingerprint density at radius 3 is 2.82 bits per heavy atom. The van der Waals surface area contributed by atoms with E-state index in [1.807, 2.05) is 24.3 Å². The summed E-state index contributed by atoms with van der Waals surface area (Å²) in [7, 11) is 0. The van der Waals surface area contributed by atoms with Gasteiger partial charge in [-0.2, -0.15) is 0 Å². The second kappa shape index (κ2) is 6.00. The van der Waals surface area contributed by atoms with Crippen molar-refractivity contribution in [2.24, 2.45) is 5.73 Å². The average molecular weight is 266 g/mol. The minimum atomic E-state index is 0.618. The lowest BCUT2D eigenvalue weighted by molar-refractivity contribution is 0.910. The molecule has 2 aromatic rings. The highest BCUT2D eigenvalue weighted by molar-refractivity contribution is 7.99. The minimum Gasteiger partial charge on any atom is -0.330 e. The summed E-state index contributed by atoms with van der Waals surface area (Å²) in [6, 6.07) is 7.67. The third kappa shape index (κ3) is 3.43. The molecule has 0 aliphatic rings. The molecule has 5 heteroatoms. The molecule has 0 fully saturated rings. The number of rotatable bonds is 4. The van der Waals surface area contributed by atoms with Crippen molar-refractivity contribution in [3.05, 3.63) is 47.2 Å². The van der Waals surface area contributed by atoms with Crippen molar-refractivity contribution in [3.63, 3.8) is 0 Å². The van der Waals surface area contributed by atoms with Crippen LogP contribution in [0.25, 0.3) is 0 Å². The molecular weight excluding hydrogens is 254 g/mol. The van der Waals surface area contributed by atoms with E-state index >= 15 is 0 Å². The first kappa shape index (κ1) is 12.4. The van der Waals surface area contributed by atoms with Crippen LogP contribution in [0.2, 0.25) is 5.02 Å². The van der Waals surface area contributed by atoms with Crippen molar-refractivity contribution in [3.8, 4) is 0 Å². The van der Waals surface area contributed by atoms with E-state index in [1.54, 1.807) is 12.4 Å². The van der Waals surface area contributed by atoms with Crippen LogP contribution >= 0.6 is 23.4 Å². The van der Waals surface area contributed by atoms with E-state index in [0.717, 1.165) is 22.0 Å². The summed E-state index contributed by atoms with van der Waals surface area (Å²) in [5, 5.41) is 2.47. The van der Waals surface area contributed by atoms with Crippen LogP contribution in [0.15, 0.2) is 46.7 Å². The lowest BCUT2D eigenvalue weighted by Crippen LogP contribution is -2.04. The lowest BCUT2D eigenvalue weighted by Gasteiger charge is -2.06. The van der Waals surface area contributed by atoms with Gasteiger partial charge in [0, 0.05) is 12.4 Å². The number of nitrogens with two attached hydrogens (primary N) is 1. The highest BCUT2D eigenvalue weighted by Crippen LogP contribution is 2.27. The molecular formula is C12H12ClN3S. The van der Waals surface area contributed by atoms with E-state index in [2.05, 4.69) is 9.97 Å². The second-order valence-corrected chi connectivity index (χ2v) is 4.87. The maximum absolute atomic E-state index is 5.79. The standard InChI is InChI=1S/C12H12ClN3S/c13-10-3-4-11(16-8-10)17-12-9(5-6-14)2-1-7-15-12/h1-4,7-8H,5-6,14H2. The summed E-state index contributed by atoms with van der Waals surface area (Å²) >= 11 is 7.32. The molecule has 0 bridgehead atoms. The fourth-order valence-corrected chi connectivity index (χ4v) is 2.35. The number of pyridine rings is 2. The number of nitrogens with zero attached hydrogens (tertiary/aromatic N) is 2. The number of hydrogen-bond acceptors (Lipinski definition) is 4. The van der Waals surface area contributed by atoms with E-state index < -0.39 is 0 Å². The topological polar surface area (TPSA) is 51.8 Å². The van der Waals surface area contributed by atoms with Crippen molar-refractivity contribution >= 4 is 23.4 Å². The molecule has 0 saturated heterocycles. The van der Waals surface area contributed by atoms with Gasteiger partial charge >= 0.3 is 0 Å². The molecule has 0 aliphatic carbocycles. The predicted molar refractivity (Wildman–Crippen MR) is 70.4 cm³/mol. The molecule has 0 spiro atoms. The zero-order valence-electron chi connectivity index (χ0n) is 9.14. The molecule has 2 aromatic heterocycles. The third-order valence-electron chi connectivity index (χ3n) is 2.17. The van der Waals surface area contributed by atoms with E-state index in [4.69, 9.17) is 17.3 Å². The van der Waals surface area contributed by atoms with Crippen molar-refractivity contribution < 1.29 is 0 Å². The zero-order chi connectivity index (χ0) is 12.1. The van der Waals surface area contributed by atoms with Crippen molar-refractivity contribution in [1.82, 2.24) is 9.97 Å².